The van der Waals surface area contributed by atoms with Crippen molar-refractivity contribution >= 4 is 18.0 Å². The number of amides is 1. The van der Waals surface area contributed by atoms with Gasteiger partial charge in [-0.15, -0.1) is 0 Å². The first-order valence-electron chi connectivity index (χ1n) is 6.42. The predicted octanol–water partition coefficient (Wildman–Crippen LogP) is 1.18. The second kappa shape index (κ2) is 6.25. The second-order valence-corrected chi connectivity index (χ2v) is 4.82. The van der Waals surface area contributed by atoms with Crippen molar-refractivity contribution in [3.8, 4) is 0 Å². The van der Waals surface area contributed by atoms with Crippen molar-refractivity contribution in [1.29, 1.82) is 0 Å². The Kier molecular flexibility index (Phi) is 4.42. The van der Waals surface area contributed by atoms with Crippen LogP contribution in [0.3, 0.4) is 0 Å². The fourth-order valence-electron chi connectivity index (χ4n) is 2.25. The number of ether oxygens (including phenoxy) is 1. The highest BCUT2D eigenvalue weighted by Crippen LogP contribution is 2.24. The Morgan fingerprint density at radius 1 is 1.14 bits per heavy atom. The molecule has 2 atom stereocenters. The van der Waals surface area contributed by atoms with Crippen LogP contribution in [0.4, 0.5) is 4.79 Å². The molecule has 0 aromatic heterocycles. The Morgan fingerprint density at radius 2 is 1.81 bits per heavy atom. The van der Waals surface area contributed by atoms with Crippen LogP contribution in [0.15, 0.2) is 30.3 Å². The van der Waals surface area contributed by atoms with Crippen molar-refractivity contribution < 1.29 is 29.3 Å². The maximum atomic E-state index is 11.9. The van der Waals surface area contributed by atoms with Gasteiger partial charge in [-0.3, -0.25) is 9.69 Å². The van der Waals surface area contributed by atoms with Gasteiger partial charge in [0.2, 0.25) is 0 Å². The molecule has 21 heavy (non-hydrogen) atoms. The van der Waals surface area contributed by atoms with E-state index in [4.69, 9.17) is 14.9 Å². The summed E-state index contributed by atoms with van der Waals surface area (Å²) in [6.45, 7) is -0.139. The van der Waals surface area contributed by atoms with Crippen LogP contribution in [0.5, 0.6) is 0 Å². The average Bonchev–Trinajstić information content (AvgIpc) is 2.91. The maximum Gasteiger partial charge on any atom is 0.410 e. The van der Waals surface area contributed by atoms with Gasteiger partial charge in [0.1, 0.15) is 12.6 Å². The van der Waals surface area contributed by atoms with Gasteiger partial charge in [-0.25, -0.2) is 9.59 Å². The molecule has 0 radical (unpaired) electrons. The lowest BCUT2D eigenvalue weighted by Gasteiger charge is -2.20. The van der Waals surface area contributed by atoms with Crippen molar-refractivity contribution in [1.82, 2.24) is 4.90 Å². The fourth-order valence-corrected chi connectivity index (χ4v) is 2.25. The Morgan fingerprint density at radius 3 is 2.38 bits per heavy atom. The Hall–Kier alpha value is -2.57. The number of carboxylic acid groups (broad SMARTS) is 2. The molecule has 0 unspecified atom stereocenters. The van der Waals surface area contributed by atoms with Gasteiger partial charge in [0, 0.05) is 6.54 Å². The van der Waals surface area contributed by atoms with Crippen molar-refractivity contribution in [2.45, 2.75) is 19.1 Å². The van der Waals surface area contributed by atoms with E-state index >= 15 is 0 Å². The number of hydrogen-bond acceptors (Lipinski definition) is 4. The first-order chi connectivity index (χ1) is 9.99. The van der Waals surface area contributed by atoms with Crippen LogP contribution in [0, 0.1) is 5.92 Å². The normalized spacial score (nSPS) is 21.0. The smallest absolute Gasteiger partial charge is 0.410 e. The predicted molar refractivity (Wildman–Crippen MR) is 70.5 cm³/mol. The molecule has 1 aromatic rings. The quantitative estimate of drug-likeness (QED) is 0.864. The fraction of sp³-hybridized carbons (Fsp3) is 0.357. The van der Waals surface area contributed by atoms with E-state index in [1.807, 2.05) is 6.07 Å². The highest BCUT2D eigenvalue weighted by atomic mass is 16.6. The van der Waals surface area contributed by atoms with Gasteiger partial charge < -0.3 is 14.9 Å². The highest BCUT2D eigenvalue weighted by molar-refractivity contribution is 5.83. The molecule has 1 aromatic carbocycles. The molecule has 7 heteroatoms. The zero-order valence-corrected chi connectivity index (χ0v) is 11.1. The lowest BCUT2D eigenvalue weighted by molar-refractivity contribution is -0.141. The standard InChI is InChI=1S/C14H15NO6/c16-12(17)10-6-11(13(18)19)15(7-10)14(20)21-8-9-4-2-1-3-5-9/h1-5,10-11H,6-8H2,(H,16,17)(H,18,19)/t10-,11+/m1/s1. The molecule has 0 spiro atoms. The van der Waals surface area contributed by atoms with Gasteiger partial charge >= 0.3 is 18.0 Å². The van der Waals surface area contributed by atoms with Crippen LogP contribution in [0.1, 0.15) is 12.0 Å². The average molecular weight is 293 g/mol. The number of hydrogen-bond donors (Lipinski definition) is 2. The van der Waals surface area contributed by atoms with Crippen molar-refractivity contribution in [3.05, 3.63) is 35.9 Å². The Bertz CT molecular complexity index is 544. The molecule has 2 N–H and O–H groups in total. The summed E-state index contributed by atoms with van der Waals surface area (Å²) in [6, 6.07) is 7.79. The van der Waals surface area contributed by atoms with Gasteiger partial charge in [0.25, 0.3) is 0 Å². The van der Waals surface area contributed by atoms with Crippen LogP contribution in [0.2, 0.25) is 0 Å². The van der Waals surface area contributed by atoms with Gasteiger partial charge in [-0.2, -0.15) is 0 Å². The lowest BCUT2D eigenvalue weighted by atomic mass is 10.1. The lowest BCUT2D eigenvalue weighted by Crippen LogP contribution is -2.40. The molecule has 1 fully saturated rings. The third-order valence-electron chi connectivity index (χ3n) is 3.38. The number of rotatable bonds is 4. The summed E-state index contributed by atoms with van der Waals surface area (Å²) in [4.78, 5) is 35.0. The number of carbonyl (C=O) groups excluding carboxylic acids is 1. The van der Waals surface area contributed by atoms with E-state index in [0.29, 0.717) is 0 Å². The summed E-state index contributed by atoms with van der Waals surface area (Å²) in [7, 11) is 0. The first kappa shape index (κ1) is 14.8. The number of carboxylic acids is 2. The third-order valence-corrected chi connectivity index (χ3v) is 3.38. The monoisotopic (exact) mass is 293 g/mol. The van der Waals surface area contributed by atoms with Crippen LogP contribution in [-0.2, 0) is 20.9 Å². The van der Waals surface area contributed by atoms with Crippen LogP contribution in [-0.4, -0.2) is 45.7 Å². The topological polar surface area (TPSA) is 104 Å². The number of carbonyl (C=O) groups is 3. The summed E-state index contributed by atoms with van der Waals surface area (Å²) in [5.74, 6) is -3.22. The molecule has 1 aliphatic rings. The molecule has 2 rings (SSSR count). The molecule has 0 bridgehead atoms. The minimum atomic E-state index is -1.23. The number of aliphatic carboxylic acids is 2. The molecule has 1 amide bonds. The molecular weight excluding hydrogens is 278 g/mol. The van der Waals surface area contributed by atoms with E-state index in [1.54, 1.807) is 24.3 Å². The van der Waals surface area contributed by atoms with Gasteiger partial charge in [0.05, 0.1) is 5.92 Å². The SMILES string of the molecule is O=C(O)[C@@H]1C[C@@H](C(=O)O)N(C(=O)OCc2ccccc2)C1. The summed E-state index contributed by atoms with van der Waals surface area (Å²) in [5, 5.41) is 18.0. The van der Waals surface area contributed by atoms with Crippen LogP contribution in [0.25, 0.3) is 0 Å². The van der Waals surface area contributed by atoms with Crippen molar-refractivity contribution in [2.75, 3.05) is 6.54 Å². The van der Waals surface area contributed by atoms with Crippen molar-refractivity contribution in [3.63, 3.8) is 0 Å². The number of nitrogens with zero attached hydrogens (tertiary/aromatic N) is 1. The van der Waals surface area contributed by atoms with Gasteiger partial charge in [-0.05, 0) is 12.0 Å². The molecule has 1 saturated heterocycles. The summed E-state index contributed by atoms with van der Waals surface area (Å²) < 4.78 is 5.05. The maximum absolute atomic E-state index is 11.9. The second-order valence-electron chi connectivity index (χ2n) is 4.82. The van der Waals surface area contributed by atoms with E-state index in [1.165, 1.54) is 0 Å². The zero-order valence-electron chi connectivity index (χ0n) is 11.1. The highest BCUT2D eigenvalue weighted by Gasteiger charge is 2.43. The molecule has 1 aliphatic heterocycles. The summed E-state index contributed by atoms with van der Waals surface area (Å²) in [5.41, 5.74) is 0.770. The van der Waals surface area contributed by atoms with E-state index in [0.717, 1.165) is 10.5 Å². The largest absolute Gasteiger partial charge is 0.481 e. The van der Waals surface area contributed by atoms with Gasteiger partial charge in [-0.1, -0.05) is 30.3 Å². The molecular formula is C14H15NO6. The molecule has 0 aliphatic carbocycles. The van der Waals surface area contributed by atoms with Gasteiger partial charge in [0.15, 0.2) is 0 Å². The summed E-state index contributed by atoms with van der Waals surface area (Å²) >= 11 is 0. The number of likely N-dealkylation sites (tertiary alicyclic amines) is 1. The molecule has 0 saturated carbocycles. The van der Waals surface area contributed by atoms with Crippen LogP contribution < -0.4 is 0 Å². The van der Waals surface area contributed by atoms with Crippen molar-refractivity contribution in [2.24, 2.45) is 5.92 Å². The van der Waals surface area contributed by atoms with E-state index in [2.05, 4.69) is 0 Å². The molecule has 1 heterocycles. The number of benzene rings is 1. The van der Waals surface area contributed by atoms with E-state index < -0.39 is 30.0 Å². The first-order valence-corrected chi connectivity index (χ1v) is 6.42. The Balaban J connectivity index is 1.99. The van der Waals surface area contributed by atoms with E-state index in [-0.39, 0.29) is 19.6 Å². The molecule has 7 nitrogen and oxygen atoms in total. The summed E-state index contributed by atoms with van der Waals surface area (Å²) in [6.07, 6.45) is -0.916. The molecule has 112 valence electrons. The minimum Gasteiger partial charge on any atom is -0.481 e. The zero-order chi connectivity index (χ0) is 15.4. The van der Waals surface area contributed by atoms with E-state index in [9.17, 15) is 14.4 Å². The Labute approximate surface area is 120 Å². The third kappa shape index (κ3) is 3.50. The minimum absolute atomic E-state index is 0.0141. The van der Waals surface area contributed by atoms with Crippen LogP contribution >= 0.6 is 0 Å².